The zero-order valence-electron chi connectivity index (χ0n) is 37.6. The number of nitrogens with one attached hydrogen (secondary N) is 4. The van der Waals surface area contributed by atoms with Gasteiger partial charge in [-0.3, -0.25) is 24.0 Å². The summed E-state index contributed by atoms with van der Waals surface area (Å²) < 4.78 is 12.8. The molecule has 0 spiro atoms. The number of carbonyl (C=O) groups is 3. The molecule has 16 nitrogen and oxygen atoms in total. The van der Waals surface area contributed by atoms with Gasteiger partial charge in [0.05, 0.1) is 75.7 Å². The number of H-pyrrole nitrogens is 2. The van der Waals surface area contributed by atoms with E-state index in [-0.39, 0.29) is 11.1 Å². The van der Waals surface area contributed by atoms with Crippen LogP contribution in [0.25, 0.3) is 43.6 Å². The molecule has 0 bridgehead atoms. The van der Waals surface area contributed by atoms with Crippen LogP contribution in [0.2, 0.25) is 20.1 Å². The molecule has 0 amide bonds. The summed E-state index contributed by atoms with van der Waals surface area (Å²) in [5.41, 5.74) is 5.49. The molecule has 20 heteroatoms. The number of benzene rings is 4. The summed E-state index contributed by atoms with van der Waals surface area (Å²) >= 11 is 25.1. The summed E-state index contributed by atoms with van der Waals surface area (Å²) in [6.07, 6.45) is 1.14. The summed E-state index contributed by atoms with van der Waals surface area (Å²) in [5, 5.41) is 20.7. The van der Waals surface area contributed by atoms with Crippen LogP contribution in [0.4, 0.5) is 23.3 Å². The largest absolute Gasteiger partial charge is 0.452 e. The molecule has 0 saturated heterocycles. The number of esters is 3. The highest BCUT2D eigenvalue weighted by molar-refractivity contribution is 6.40. The standard InChI is InChI=1S/C23H20Cl2N4O3.C21H18Cl2N4O2.C4H6O3/c1-5-17(32-12(3)30)19-11(2)13-9-10-16-21(18(13)22(31)27-19)29(4)23(26-16)28-20-14(24)7-6-8-15(20)25;1-4-15(28)17-10(2)11-8-9-14-19(16(11)20(29)25-17)27(3)21(24-14)26-18-12(22)6-5-7-13(18)23;1-3(5)7-4(2)6/h5-10,17H,1H2,2-4H3,(H,26,28)(H,27,31);4-9,15,28H,1H2,2-3H3,(H,24,26)(H,25,29);1-2H3. The van der Waals surface area contributed by atoms with Crippen LogP contribution in [0, 0.1) is 13.8 Å². The molecule has 4 aromatic carbocycles. The lowest BCUT2D eigenvalue weighted by molar-refractivity contribution is -0.156. The SMILES string of the molecule is C=CC(O)c1[nH]c(=O)c2c(ccc3nc(Nc4c(Cl)cccc4Cl)n(C)c32)c1C.C=CC(OC(C)=O)c1[nH]c(=O)c2c(ccc3nc(Nc4c(Cl)cccc4Cl)n(C)c32)c1C.CC(=O)OC(C)=O. The number of rotatable bonds is 9. The first kappa shape index (κ1) is 50.5. The second-order valence-corrected chi connectivity index (χ2v) is 16.8. The minimum Gasteiger partial charge on any atom is -0.452 e. The molecule has 4 heterocycles. The number of hydrogen-bond acceptors (Lipinski definition) is 12. The molecular formula is C48H44Cl4N8O8. The Hall–Kier alpha value is -6.95. The van der Waals surface area contributed by atoms with Crippen molar-refractivity contribution < 1.29 is 29.0 Å². The van der Waals surface area contributed by atoms with Crippen LogP contribution in [0.15, 0.2) is 95.6 Å². The number of para-hydroxylation sites is 2. The molecule has 0 aliphatic heterocycles. The maximum Gasteiger partial charge on any atom is 0.310 e. The topological polar surface area (TPSA) is 215 Å². The number of carbonyl (C=O) groups excluding carboxylic acids is 3. The fourth-order valence-electron chi connectivity index (χ4n) is 7.53. The van der Waals surface area contributed by atoms with Gasteiger partial charge in [-0.15, -0.1) is 6.58 Å². The summed E-state index contributed by atoms with van der Waals surface area (Å²) in [6.45, 7) is 14.7. The lowest BCUT2D eigenvalue weighted by atomic mass is 10.0. The van der Waals surface area contributed by atoms with Gasteiger partial charge in [-0.25, -0.2) is 9.97 Å². The predicted molar refractivity (Wildman–Crippen MR) is 269 cm³/mol. The van der Waals surface area contributed by atoms with E-state index in [4.69, 9.17) is 51.1 Å². The zero-order chi connectivity index (χ0) is 49.9. The molecule has 2 unspecified atom stereocenters. The maximum absolute atomic E-state index is 13.2. The molecule has 5 N–H and O–H groups in total. The molecule has 4 aromatic heterocycles. The van der Waals surface area contributed by atoms with Crippen molar-refractivity contribution in [2.75, 3.05) is 10.6 Å². The molecule has 2 atom stereocenters. The highest BCUT2D eigenvalue weighted by atomic mass is 35.5. The Morgan fingerprint density at radius 3 is 1.41 bits per heavy atom. The lowest BCUT2D eigenvalue weighted by Gasteiger charge is -2.17. The van der Waals surface area contributed by atoms with Crippen molar-refractivity contribution >= 4 is 131 Å². The van der Waals surface area contributed by atoms with E-state index in [1.807, 2.05) is 45.2 Å². The second-order valence-electron chi connectivity index (χ2n) is 15.2. The van der Waals surface area contributed by atoms with Crippen LogP contribution in [-0.4, -0.2) is 52.1 Å². The van der Waals surface area contributed by atoms with Gasteiger partial charge in [-0.2, -0.15) is 0 Å². The van der Waals surface area contributed by atoms with Gasteiger partial charge in [0, 0.05) is 34.9 Å². The summed E-state index contributed by atoms with van der Waals surface area (Å²) in [4.78, 5) is 72.0. The third-order valence-corrected chi connectivity index (χ3v) is 11.9. The Morgan fingerprint density at radius 2 is 1.06 bits per heavy atom. The maximum atomic E-state index is 13.2. The van der Waals surface area contributed by atoms with Crippen LogP contribution >= 0.6 is 46.4 Å². The second kappa shape index (κ2) is 20.9. The zero-order valence-corrected chi connectivity index (χ0v) is 40.6. The highest BCUT2D eigenvalue weighted by Crippen LogP contribution is 2.37. The minimum atomic E-state index is -0.950. The van der Waals surface area contributed by atoms with Gasteiger partial charge in [0.15, 0.2) is 6.10 Å². The van der Waals surface area contributed by atoms with E-state index in [2.05, 4.69) is 48.5 Å². The third kappa shape index (κ3) is 10.3. The number of fused-ring (bicyclic) bond motifs is 6. The van der Waals surface area contributed by atoms with E-state index in [0.29, 0.717) is 87.6 Å². The molecule has 0 aliphatic carbocycles. The van der Waals surface area contributed by atoms with Crippen LogP contribution in [0.3, 0.4) is 0 Å². The van der Waals surface area contributed by atoms with E-state index >= 15 is 0 Å². The van der Waals surface area contributed by atoms with Gasteiger partial charge >= 0.3 is 17.9 Å². The lowest BCUT2D eigenvalue weighted by Crippen LogP contribution is -2.17. The number of nitrogens with zero attached hydrogens (tertiary/aromatic N) is 4. The fraction of sp³-hybridized carbons (Fsp3) is 0.188. The number of aryl methyl sites for hydroxylation is 4. The molecule has 8 rings (SSSR count). The van der Waals surface area contributed by atoms with Gasteiger partial charge in [0.2, 0.25) is 11.9 Å². The third-order valence-electron chi connectivity index (χ3n) is 10.6. The van der Waals surface area contributed by atoms with Crippen molar-refractivity contribution in [2.24, 2.45) is 14.1 Å². The smallest absolute Gasteiger partial charge is 0.310 e. The average Bonchev–Trinajstić information content (AvgIpc) is 3.78. The summed E-state index contributed by atoms with van der Waals surface area (Å²) in [6, 6.07) is 17.8. The Labute approximate surface area is 408 Å². The normalized spacial score (nSPS) is 11.8. The van der Waals surface area contributed by atoms with Gasteiger partial charge in [-0.1, -0.05) is 83.3 Å². The summed E-state index contributed by atoms with van der Waals surface area (Å²) in [5.74, 6) is -0.617. The number of aliphatic hydroxyl groups excluding tert-OH is 1. The van der Waals surface area contributed by atoms with Crippen molar-refractivity contribution in [3.8, 4) is 0 Å². The number of halogens is 4. The Kier molecular flexibility index (Phi) is 15.5. The van der Waals surface area contributed by atoms with Gasteiger partial charge in [0.1, 0.15) is 6.10 Å². The number of aromatic nitrogens is 6. The van der Waals surface area contributed by atoms with Crippen molar-refractivity contribution in [1.82, 2.24) is 29.1 Å². The van der Waals surface area contributed by atoms with E-state index in [1.54, 1.807) is 52.6 Å². The average molecular weight is 1000 g/mol. The molecule has 352 valence electrons. The van der Waals surface area contributed by atoms with Crippen LogP contribution in [-0.2, 0) is 38.0 Å². The molecule has 0 fully saturated rings. The van der Waals surface area contributed by atoms with E-state index in [0.717, 1.165) is 21.9 Å². The van der Waals surface area contributed by atoms with Crippen molar-refractivity contribution in [1.29, 1.82) is 0 Å². The number of aromatic amines is 2. The van der Waals surface area contributed by atoms with E-state index in [1.165, 1.54) is 32.9 Å². The molecule has 0 radical (unpaired) electrons. The molecular weight excluding hydrogens is 958 g/mol. The highest BCUT2D eigenvalue weighted by Gasteiger charge is 2.23. The molecule has 68 heavy (non-hydrogen) atoms. The fourth-order valence-corrected chi connectivity index (χ4v) is 8.51. The van der Waals surface area contributed by atoms with Gasteiger partial charge < -0.3 is 44.3 Å². The van der Waals surface area contributed by atoms with Crippen molar-refractivity contribution in [3.63, 3.8) is 0 Å². The Morgan fingerprint density at radius 1 is 0.662 bits per heavy atom. The monoisotopic (exact) mass is 1000 g/mol. The predicted octanol–water partition coefficient (Wildman–Crippen LogP) is 10.7. The first-order valence-electron chi connectivity index (χ1n) is 20.4. The number of ether oxygens (including phenoxy) is 2. The van der Waals surface area contributed by atoms with Crippen molar-refractivity contribution in [2.45, 2.75) is 46.8 Å². The Balaban J connectivity index is 0.000000197. The Bertz CT molecular complexity index is 3420. The molecule has 8 aromatic rings. The quantitative estimate of drug-likeness (QED) is 0.0519. The number of pyridine rings is 2. The van der Waals surface area contributed by atoms with Crippen LogP contribution < -0.4 is 21.8 Å². The van der Waals surface area contributed by atoms with Crippen LogP contribution in [0.1, 0.15) is 55.5 Å². The van der Waals surface area contributed by atoms with E-state index in [9.17, 15) is 29.1 Å². The van der Waals surface area contributed by atoms with Gasteiger partial charge in [0.25, 0.3) is 11.1 Å². The summed E-state index contributed by atoms with van der Waals surface area (Å²) in [7, 11) is 3.61. The number of aliphatic hydroxyl groups is 1. The van der Waals surface area contributed by atoms with Crippen LogP contribution in [0.5, 0.6) is 0 Å². The number of hydrogen-bond donors (Lipinski definition) is 5. The first-order valence-corrected chi connectivity index (χ1v) is 21.9. The first-order chi connectivity index (χ1) is 32.2. The van der Waals surface area contributed by atoms with Crippen molar-refractivity contribution in [3.05, 3.63) is 149 Å². The van der Waals surface area contributed by atoms with Gasteiger partial charge in [-0.05, 0) is 78.2 Å². The van der Waals surface area contributed by atoms with E-state index < -0.39 is 30.1 Å². The molecule has 0 saturated carbocycles. The molecule has 0 aliphatic rings. The minimum absolute atomic E-state index is 0.308. The number of anilines is 4. The number of imidazole rings is 2.